The maximum absolute atomic E-state index is 12.8. The fourth-order valence-corrected chi connectivity index (χ4v) is 6.29. The Balaban J connectivity index is 0.000000845. The summed E-state index contributed by atoms with van der Waals surface area (Å²) in [6, 6.07) is 14.6. The Hall–Kier alpha value is -2.74. The van der Waals surface area contributed by atoms with Gasteiger partial charge >= 0.3 is 0 Å². The number of aryl methyl sites for hydroxylation is 1. The van der Waals surface area contributed by atoms with Gasteiger partial charge in [0.05, 0.1) is 36.1 Å². The average molecular weight is 550 g/mol. The summed E-state index contributed by atoms with van der Waals surface area (Å²) >= 11 is 0. The molecular weight excluding hydrogens is 506 g/mol. The number of aromatic amines is 1. The van der Waals surface area contributed by atoms with Gasteiger partial charge in [0.2, 0.25) is 0 Å². The molecule has 2 fully saturated rings. The van der Waals surface area contributed by atoms with Crippen molar-refractivity contribution in [2.45, 2.75) is 64.0 Å². The standard InChI is InChI=1S/C28H31N3O3S.2C2H6/c1-19-16-24-26-23(20-4-2-5-22(17-20)35(32)21-6-7-21)8-9-25(27(26)30-28(24)29-18-19)34-13-3-10-31-11-14-33-15-12-31;2*1-2/h2,4-5,8-9,16-18,21H,3,6-7,10-15H2,1H3,(H,29,30);2*1-2H3. The molecule has 1 aliphatic heterocycles. The lowest BCUT2D eigenvalue weighted by Gasteiger charge is -2.26. The van der Waals surface area contributed by atoms with Crippen LogP contribution in [0.15, 0.2) is 53.6 Å². The van der Waals surface area contributed by atoms with Gasteiger partial charge in [-0.05, 0) is 73.2 Å². The number of nitrogens with one attached hydrogen (secondary N) is 1. The van der Waals surface area contributed by atoms with Gasteiger partial charge in [-0.2, -0.15) is 0 Å². The van der Waals surface area contributed by atoms with Gasteiger partial charge in [0, 0.05) is 46.7 Å². The molecule has 1 atom stereocenters. The predicted octanol–water partition coefficient (Wildman–Crippen LogP) is 7.12. The lowest BCUT2D eigenvalue weighted by Crippen LogP contribution is -2.37. The van der Waals surface area contributed by atoms with E-state index in [4.69, 9.17) is 9.47 Å². The average Bonchev–Trinajstić information content (AvgIpc) is 3.78. The van der Waals surface area contributed by atoms with Crippen molar-refractivity contribution >= 4 is 32.7 Å². The zero-order valence-corrected chi connectivity index (χ0v) is 24.9. The third kappa shape index (κ3) is 6.89. The third-order valence-electron chi connectivity index (χ3n) is 6.89. The minimum absolute atomic E-state index is 0.318. The largest absolute Gasteiger partial charge is 0.491 e. The highest BCUT2D eigenvalue weighted by atomic mass is 32.2. The quantitative estimate of drug-likeness (QED) is 0.237. The second-order valence-corrected chi connectivity index (χ2v) is 11.3. The van der Waals surface area contributed by atoms with Gasteiger partial charge in [0.25, 0.3) is 0 Å². The molecule has 6 rings (SSSR count). The maximum Gasteiger partial charge on any atom is 0.143 e. The molecule has 0 radical (unpaired) electrons. The zero-order chi connectivity index (χ0) is 27.8. The second-order valence-electron chi connectivity index (χ2n) is 9.58. The van der Waals surface area contributed by atoms with Crippen LogP contribution in [-0.4, -0.2) is 63.8 Å². The Bertz CT molecular complexity index is 1390. The first-order valence-electron chi connectivity index (χ1n) is 14.5. The Kier molecular flexibility index (Phi) is 10.5. The number of aromatic nitrogens is 2. The van der Waals surface area contributed by atoms with Crippen LogP contribution >= 0.6 is 0 Å². The summed E-state index contributed by atoms with van der Waals surface area (Å²) in [4.78, 5) is 11.5. The Morgan fingerprint density at radius 3 is 2.59 bits per heavy atom. The van der Waals surface area contributed by atoms with Gasteiger partial charge in [-0.3, -0.25) is 9.11 Å². The van der Waals surface area contributed by atoms with Crippen molar-refractivity contribution in [3.63, 3.8) is 0 Å². The molecule has 0 spiro atoms. The molecule has 6 nitrogen and oxygen atoms in total. The van der Waals surface area contributed by atoms with Crippen LogP contribution in [0.5, 0.6) is 5.75 Å². The Labute approximate surface area is 235 Å². The van der Waals surface area contributed by atoms with Crippen molar-refractivity contribution in [2.24, 2.45) is 0 Å². The van der Waals surface area contributed by atoms with Crippen molar-refractivity contribution in [1.29, 1.82) is 0 Å². The van der Waals surface area contributed by atoms with Crippen molar-refractivity contribution in [3.05, 3.63) is 54.2 Å². The molecule has 1 saturated heterocycles. The molecule has 2 aliphatic rings. The molecule has 1 aliphatic carbocycles. The normalized spacial score (nSPS) is 16.2. The van der Waals surface area contributed by atoms with Crippen LogP contribution in [0.25, 0.3) is 33.1 Å². The summed E-state index contributed by atoms with van der Waals surface area (Å²) in [5.41, 5.74) is 5.12. The van der Waals surface area contributed by atoms with Gasteiger partial charge in [-0.1, -0.05) is 39.8 Å². The van der Waals surface area contributed by atoms with Gasteiger partial charge in [-0.25, -0.2) is 4.98 Å². The number of hydrogen-bond donors (Lipinski definition) is 1. The smallest absolute Gasteiger partial charge is 0.143 e. The molecule has 0 amide bonds. The number of hydrogen-bond acceptors (Lipinski definition) is 5. The lowest BCUT2D eigenvalue weighted by atomic mass is 9.99. The summed E-state index contributed by atoms with van der Waals surface area (Å²) in [5, 5.41) is 2.51. The summed E-state index contributed by atoms with van der Waals surface area (Å²) < 4.78 is 24.6. The van der Waals surface area contributed by atoms with Crippen molar-refractivity contribution in [2.75, 3.05) is 39.5 Å². The number of nitrogens with zero attached hydrogens (tertiary/aromatic N) is 2. The van der Waals surface area contributed by atoms with E-state index in [9.17, 15) is 4.21 Å². The molecule has 1 N–H and O–H groups in total. The summed E-state index contributed by atoms with van der Waals surface area (Å²) in [7, 11) is -0.932. The number of rotatable bonds is 8. The molecule has 7 heteroatoms. The number of benzene rings is 2. The molecular formula is C32H43N3O3S. The minimum Gasteiger partial charge on any atom is -0.491 e. The summed E-state index contributed by atoms with van der Waals surface area (Å²) in [5.74, 6) is 0.846. The van der Waals surface area contributed by atoms with Crippen molar-refractivity contribution < 1.29 is 13.7 Å². The second kappa shape index (κ2) is 14.1. The Morgan fingerprint density at radius 1 is 1.08 bits per heavy atom. The molecule has 1 unspecified atom stereocenters. The molecule has 2 aromatic heterocycles. The van der Waals surface area contributed by atoms with E-state index in [2.05, 4.69) is 52.1 Å². The van der Waals surface area contributed by atoms with Crippen LogP contribution in [0.1, 0.15) is 52.5 Å². The van der Waals surface area contributed by atoms with E-state index >= 15 is 0 Å². The Morgan fingerprint density at radius 2 is 1.85 bits per heavy atom. The molecule has 4 aromatic rings. The lowest BCUT2D eigenvalue weighted by molar-refractivity contribution is 0.0358. The van der Waals surface area contributed by atoms with E-state index in [-0.39, 0.29) is 0 Å². The fourth-order valence-electron chi connectivity index (χ4n) is 4.88. The monoisotopic (exact) mass is 549 g/mol. The number of pyridine rings is 1. The van der Waals surface area contributed by atoms with Crippen LogP contribution in [-0.2, 0) is 15.5 Å². The molecule has 0 bridgehead atoms. The number of H-pyrrole nitrogens is 1. The van der Waals surface area contributed by atoms with Gasteiger partial charge < -0.3 is 14.5 Å². The predicted molar refractivity (Wildman–Crippen MR) is 163 cm³/mol. The molecule has 210 valence electrons. The first-order valence-corrected chi connectivity index (χ1v) is 15.7. The van der Waals surface area contributed by atoms with E-state index in [1.807, 2.05) is 46.0 Å². The number of ether oxygens (including phenoxy) is 2. The van der Waals surface area contributed by atoms with Crippen LogP contribution < -0.4 is 4.74 Å². The van der Waals surface area contributed by atoms with E-state index in [1.165, 1.54) is 0 Å². The van der Waals surface area contributed by atoms with Crippen molar-refractivity contribution in [3.8, 4) is 16.9 Å². The van der Waals surface area contributed by atoms with E-state index < -0.39 is 10.8 Å². The van der Waals surface area contributed by atoms with Gasteiger partial charge in [-0.15, -0.1) is 0 Å². The van der Waals surface area contributed by atoms with Crippen molar-refractivity contribution in [1.82, 2.24) is 14.9 Å². The summed E-state index contributed by atoms with van der Waals surface area (Å²) in [6.07, 6.45) is 4.98. The van der Waals surface area contributed by atoms with Gasteiger partial charge in [0.15, 0.2) is 0 Å². The first-order chi connectivity index (χ1) is 19.2. The number of morpholine rings is 1. The highest BCUT2D eigenvalue weighted by Crippen LogP contribution is 2.40. The van der Waals surface area contributed by atoms with Crippen LogP contribution in [0, 0.1) is 6.92 Å². The zero-order valence-electron chi connectivity index (χ0n) is 24.1. The van der Waals surface area contributed by atoms with E-state index in [0.29, 0.717) is 11.9 Å². The van der Waals surface area contributed by atoms with E-state index in [0.717, 1.165) is 101 Å². The van der Waals surface area contributed by atoms with Crippen LogP contribution in [0.3, 0.4) is 0 Å². The summed E-state index contributed by atoms with van der Waals surface area (Å²) in [6.45, 7) is 15.4. The van der Waals surface area contributed by atoms with Gasteiger partial charge in [0.1, 0.15) is 11.4 Å². The fraction of sp³-hybridized carbons (Fsp3) is 0.469. The molecule has 2 aromatic carbocycles. The number of fused-ring (bicyclic) bond motifs is 3. The molecule has 39 heavy (non-hydrogen) atoms. The molecule has 3 heterocycles. The highest BCUT2D eigenvalue weighted by Gasteiger charge is 2.29. The first kappa shape index (κ1) is 29.2. The minimum atomic E-state index is -0.932. The maximum atomic E-state index is 12.8. The SMILES string of the molecule is CC.CC.Cc1cnc2[nH]c3c(OCCCN4CCOCC4)ccc(-c4cccc(S(=O)C5CC5)c4)c3c2c1. The third-order valence-corrected chi connectivity index (χ3v) is 8.68. The highest BCUT2D eigenvalue weighted by molar-refractivity contribution is 7.86. The van der Waals surface area contributed by atoms with E-state index in [1.54, 1.807) is 0 Å². The topological polar surface area (TPSA) is 67.4 Å². The molecule has 1 saturated carbocycles. The van der Waals surface area contributed by atoms with Crippen LogP contribution in [0.4, 0.5) is 0 Å². The van der Waals surface area contributed by atoms with Crippen LogP contribution in [0.2, 0.25) is 0 Å².